The first kappa shape index (κ1) is 11.3. The molecule has 0 unspecified atom stereocenters. The summed E-state index contributed by atoms with van der Waals surface area (Å²) in [5, 5.41) is 2.91. The monoisotopic (exact) mass is 200 g/mol. The molecule has 1 saturated heterocycles. The van der Waals surface area contributed by atoms with Crippen molar-refractivity contribution in [3.05, 3.63) is 0 Å². The van der Waals surface area contributed by atoms with Crippen molar-refractivity contribution in [3.8, 4) is 0 Å². The van der Waals surface area contributed by atoms with Gasteiger partial charge in [-0.2, -0.15) is 0 Å². The zero-order valence-corrected chi connectivity index (χ0v) is 9.68. The van der Waals surface area contributed by atoms with Gasteiger partial charge in [-0.05, 0) is 27.7 Å². The van der Waals surface area contributed by atoms with Crippen LogP contribution in [-0.2, 0) is 4.74 Å². The number of hydrogen-bond donors (Lipinski definition) is 1. The van der Waals surface area contributed by atoms with E-state index >= 15 is 0 Å². The Bertz CT molecular complexity index is 227. The van der Waals surface area contributed by atoms with Gasteiger partial charge in [0.15, 0.2) is 0 Å². The van der Waals surface area contributed by atoms with Gasteiger partial charge in [0.1, 0.15) is 5.60 Å². The second-order valence-corrected chi connectivity index (χ2v) is 5.19. The Morgan fingerprint density at radius 3 is 2.29 bits per heavy atom. The summed E-state index contributed by atoms with van der Waals surface area (Å²) in [6.07, 6.45) is 0. The highest BCUT2D eigenvalue weighted by atomic mass is 16.5. The summed E-state index contributed by atoms with van der Waals surface area (Å²) < 4.78 is 5.26. The zero-order valence-electron chi connectivity index (χ0n) is 9.68. The van der Waals surface area contributed by atoms with Gasteiger partial charge in [-0.1, -0.05) is 0 Å². The van der Waals surface area contributed by atoms with Crippen molar-refractivity contribution < 1.29 is 9.53 Å². The van der Waals surface area contributed by atoms with Crippen LogP contribution in [0.5, 0.6) is 0 Å². The fourth-order valence-corrected chi connectivity index (χ4v) is 1.43. The highest BCUT2D eigenvalue weighted by Crippen LogP contribution is 2.23. The minimum atomic E-state index is -0.170. The molecule has 0 aromatic carbocycles. The molecule has 0 aromatic rings. The van der Waals surface area contributed by atoms with Crippen molar-refractivity contribution in [1.29, 1.82) is 0 Å². The lowest BCUT2D eigenvalue weighted by Gasteiger charge is -2.47. The molecule has 4 heteroatoms. The second kappa shape index (κ2) is 3.42. The molecule has 1 aliphatic rings. The Morgan fingerprint density at radius 1 is 1.43 bits per heavy atom. The molecule has 2 amide bonds. The van der Waals surface area contributed by atoms with E-state index < -0.39 is 0 Å². The Morgan fingerprint density at radius 2 is 1.93 bits per heavy atom. The number of likely N-dealkylation sites (tertiary alicyclic amines) is 1. The smallest absolute Gasteiger partial charge is 0.318 e. The molecule has 0 bridgehead atoms. The van der Waals surface area contributed by atoms with Gasteiger partial charge in [0, 0.05) is 12.6 Å². The minimum Gasteiger partial charge on any atom is -0.375 e. The van der Waals surface area contributed by atoms with Crippen LogP contribution >= 0.6 is 0 Å². The Labute approximate surface area is 85.6 Å². The van der Waals surface area contributed by atoms with E-state index in [1.165, 1.54) is 0 Å². The van der Waals surface area contributed by atoms with Crippen molar-refractivity contribution in [3.63, 3.8) is 0 Å². The van der Waals surface area contributed by atoms with E-state index in [0.717, 1.165) is 0 Å². The molecule has 0 aliphatic carbocycles. The summed E-state index contributed by atoms with van der Waals surface area (Å²) in [4.78, 5) is 13.4. The van der Waals surface area contributed by atoms with E-state index in [1.54, 1.807) is 12.0 Å². The molecule has 1 N–H and O–H groups in total. The first-order chi connectivity index (χ1) is 6.26. The highest BCUT2D eigenvalue weighted by molar-refractivity contribution is 5.76. The largest absolute Gasteiger partial charge is 0.375 e. The average Bonchev–Trinajstić information content (AvgIpc) is 1.95. The molecule has 1 heterocycles. The number of nitrogens with zero attached hydrogens (tertiary/aromatic N) is 1. The number of amides is 2. The minimum absolute atomic E-state index is 0.00738. The van der Waals surface area contributed by atoms with Gasteiger partial charge < -0.3 is 15.0 Å². The van der Waals surface area contributed by atoms with Crippen LogP contribution in [-0.4, -0.2) is 42.3 Å². The van der Waals surface area contributed by atoms with Crippen molar-refractivity contribution in [1.82, 2.24) is 10.2 Å². The Hall–Kier alpha value is -0.770. The molecule has 82 valence electrons. The maximum absolute atomic E-state index is 11.6. The van der Waals surface area contributed by atoms with Crippen molar-refractivity contribution in [2.45, 2.75) is 38.8 Å². The molecule has 4 nitrogen and oxygen atoms in total. The second-order valence-electron chi connectivity index (χ2n) is 5.19. The molecule has 0 saturated carbocycles. The average molecular weight is 200 g/mol. The SMILES string of the molecule is COC1(C)CN(C(=O)NC(C)(C)C)C1. The number of urea groups is 1. The molecule has 0 radical (unpaired) electrons. The number of methoxy groups -OCH3 is 1. The van der Waals surface area contributed by atoms with Gasteiger partial charge in [-0.25, -0.2) is 4.79 Å². The van der Waals surface area contributed by atoms with Gasteiger partial charge in [0.05, 0.1) is 13.1 Å². The topological polar surface area (TPSA) is 41.6 Å². The van der Waals surface area contributed by atoms with Gasteiger partial charge in [0.2, 0.25) is 0 Å². The molecule has 0 aromatic heterocycles. The van der Waals surface area contributed by atoms with Crippen LogP contribution in [0.15, 0.2) is 0 Å². The van der Waals surface area contributed by atoms with E-state index in [4.69, 9.17) is 4.74 Å². The van der Waals surface area contributed by atoms with Crippen LogP contribution in [0.4, 0.5) is 4.79 Å². The normalized spacial score (nSPS) is 20.2. The molecule has 14 heavy (non-hydrogen) atoms. The fraction of sp³-hybridized carbons (Fsp3) is 0.900. The molecule has 0 atom stereocenters. The summed E-state index contributed by atoms with van der Waals surface area (Å²) in [6, 6.07) is -0.00738. The Kier molecular flexibility index (Phi) is 2.76. The summed E-state index contributed by atoms with van der Waals surface area (Å²) in [6.45, 7) is 9.27. The summed E-state index contributed by atoms with van der Waals surface area (Å²) in [7, 11) is 1.68. The van der Waals surface area contributed by atoms with E-state index in [2.05, 4.69) is 5.32 Å². The van der Waals surface area contributed by atoms with Crippen LogP contribution < -0.4 is 5.32 Å². The van der Waals surface area contributed by atoms with Crippen molar-refractivity contribution in [2.24, 2.45) is 0 Å². The summed E-state index contributed by atoms with van der Waals surface area (Å²) >= 11 is 0. The van der Waals surface area contributed by atoms with E-state index in [0.29, 0.717) is 13.1 Å². The molecule has 1 fully saturated rings. The lowest BCUT2D eigenvalue weighted by molar-refractivity contribution is -0.0916. The number of ether oxygens (including phenoxy) is 1. The number of nitrogens with one attached hydrogen (secondary N) is 1. The number of hydrogen-bond acceptors (Lipinski definition) is 2. The quantitative estimate of drug-likeness (QED) is 0.691. The predicted octanol–water partition coefficient (Wildman–Crippen LogP) is 1.22. The summed E-state index contributed by atoms with van der Waals surface area (Å²) in [5.74, 6) is 0. The fourth-order valence-electron chi connectivity index (χ4n) is 1.43. The summed E-state index contributed by atoms with van der Waals surface area (Å²) in [5.41, 5.74) is -0.314. The first-order valence-electron chi connectivity index (χ1n) is 4.88. The molecule has 0 spiro atoms. The number of carbonyl (C=O) groups is 1. The van der Waals surface area contributed by atoms with Crippen molar-refractivity contribution in [2.75, 3.05) is 20.2 Å². The van der Waals surface area contributed by atoms with Gasteiger partial charge in [0.25, 0.3) is 0 Å². The van der Waals surface area contributed by atoms with Crippen LogP contribution in [0, 0.1) is 0 Å². The first-order valence-corrected chi connectivity index (χ1v) is 4.88. The van der Waals surface area contributed by atoms with Crippen LogP contribution in [0.2, 0.25) is 0 Å². The molecular formula is C10H20N2O2. The third-order valence-corrected chi connectivity index (χ3v) is 2.31. The lowest BCUT2D eigenvalue weighted by Crippen LogP contribution is -2.66. The molecule has 1 rings (SSSR count). The standard InChI is InChI=1S/C10H20N2O2/c1-9(2,3)11-8(13)12-6-10(4,7-12)14-5/h6-7H2,1-5H3,(H,11,13). The third kappa shape index (κ3) is 2.61. The zero-order chi connectivity index (χ0) is 11.0. The molecular weight excluding hydrogens is 180 g/mol. The number of carbonyl (C=O) groups excluding carboxylic acids is 1. The van der Waals surface area contributed by atoms with Gasteiger partial charge in [-0.15, -0.1) is 0 Å². The van der Waals surface area contributed by atoms with E-state index in [9.17, 15) is 4.79 Å². The van der Waals surface area contributed by atoms with Crippen LogP contribution in [0.1, 0.15) is 27.7 Å². The highest BCUT2D eigenvalue weighted by Gasteiger charge is 2.42. The van der Waals surface area contributed by atoms with Gasteiger partial charge >= 0.3 is 6.03 Å². The molecule has 1 aliphatic heterocycles. The lowest BCUT2D eigenvalue weighted by atomic mass is 9.97. The maximum atomic E-state index is 11.6. The third-order valence-electron chi connectivity index (χ3n) is 2.31. The number of rotatable bonds is 1. The van der Waals surface area contributed by atoms with Crippen LogP contribution in [0.3, 0.4) is 0 Å². The van der Waals surface area contributed by atoms with E-state index in [1.807, 2.05) is 27.7 Å². The Balaban J connectivity index is 2.37. The predicted molar refractivity (Wildman–Crippen MR) is 55.3 cm³/mol. The van der Waals surface area contributed by atoms with E-state index in [-0.39, 0.29) is 17.2 Å². The van der Waals surface area contributed by atoms with Gasteiger partial charge in [-0.3, -0.25) is 0 Å². The van der Waals surface area contributed by atoms with Crippen molar-refractivity contribution >= 4 is 6.03 Å². The maximum Gasteiger partial charge on any atom is 0.318 e. The van der Waals surface area contributed by atoms with Crippen LogP contribution in [0.25, 0.3) is 0 Å².